The van der Waals surface area contributed by atoms with Gasteiger partial charge in [0.05, 0.1) is 18.6 Å². The number of aliphatic hydroxyl groups is 1. The Morgan fingerprint density at radius 2 is 2.12 bits per heavy atom. The van der Waals surface area contributed by atoms with Gasteiger partial charge in [-0.3, -0.25) is 4.79 Å². The summed E-state index contributed by atoms with van der Waals surface area (Å²) in [5, 5.41) is 11.7. The van der Waals surface area contributed by atoms with E-state index in [1.54, 1.807) is 11.3 Å². The molecule has 3 N–H and O–H groups in total. The minimum absolute atomic E-state index is 0.0276. The minimum Gasteiger partial charge on any atom is -0.386 e. The lowest BCUT2D eigenvalue weighted by molar-refractivity contribution is -0.910. The van der Waals surface area contributed by atoms with Crippen molar-refractivity contribution < 1.29 is 14.7 Å². The van der Waals surface area contributed by atoms with Gasteiger partial charge in [-0.25, -0.2) is 4.98 Å². The molecular formula is C17H24N3O3S2+. The Morgan fingerprint density at radius 3 is 2.96 bits per heavy atom. The van der Waals surface area contributed by atoms with Crippen LogP contribution in [0.4, 0.5) is 0 Å². The maximum atomic E-state index is 12.5. The number of ether oxygens (including phenoxy) is 1. The molecule has 2 aromatic rings. The minimum atomic E-state index is -0.407. The Hall–Kier alpha value is -0.930. The van der Waals surface area contributed by atoms with Gasteiger partial charge in [-0.15, -0.1) is 11.3 Å². The monoisotopic (exact) mass is 382 g/mol. The van der Waals surface area contributed by atoms with Crippen molar-refractivity contribution in [1.82, 2.24) is 9.97 Å². The van der Waals surface area contributed by atoms with E-state index in [0.29, 0.717) is 10.9 Å². The molecule has 136 valence electrons. The number of aromatic amines is 1. The molecule has 1 aliphatic carbocycles. The highest BCUT2D eigenvalue weighted by molar-refractivity contribution is 7.99. The Labute approximate surface area is 154 Å². The smallest absolute Gasteiger partial charge is 0.260 e. The lowest BCUT2D eigenvalue weighted by Gasteiger charge is -2.25. The molecule has 6 nitrogen and oxygen atoms in total. The van der Waals surface area contributed by atoms with Crippen LogP contribution in [-0.4, -0.2) is 59.8 Å². The molecule has 0 aromatic carbocycles. The number of aromatic nitrogens is 2. The molecule has 1 atom stereocenters. The van der Waals surface area contributed by atoms with Crippen LogP contribution in [-0.2, 0) is 17.6 Å². The Balaban J connectivity index is 1.44. The Kier molecular flexibility index (Phi) is 5.42. The number of morpholine rings is 1. The fraction of sp³-hybridized carbons (Fsp3) is 0.647. The molecule has 1 fully saturated rings. The van der Waals surface area contributed by atoms with Crippen molar-refractivity contribution in [3.63, 3.8) is 0 Å². The summed E-state index contributed by atoms with van der Waals surface area (Å²) in [6.45, 7) is 4.15. The first kappa shape index (κ1) is 17.5. The lowest BCUT2D eigenvalue weighted by Crippen LogP contribution is -3.15. The van der Waals surface area contributed by atoms with E-state index in [-0.39, 0.29) is 5.56 Å². The third-order valence-electron chi connectivity index (χ3n) is 4.94. The summed E-state index contributed by atoms with van der Waals surface area (Å²) in [5.74, 6) is 0.546. The standard InChI is InChI=1S/C17H23N3O3S2/c21-11(9-20-5-7-23-8-6-20)10-24-17-18-15(22)14-12-3-1-2-4-13(12)25-16(14)19-17/h11,21H,1-10H2,(H,18,19,22)/p+1/t11-/m0/s1. The fourth-order valence-corrected chi connectivity index (χ4v) is 5.75. The largest absolute Gasteiger partial charge is 0.386 e. The van der Waals surface area contributed by atoms with Crippen LogP contribution in [0.25, 0.3) is 10.2 Å². The summed E-state index contributed by atoms with van der Waals surface area (Å²) in [4.78, 5) is 23.6. The zero-order chi connectivity index (χ0) is 17.2. The molecule has 3 heterocycles. The van der Waals surface area contributed by atoms with Gasteiger partial charge in [0.25, 0.3) is 5.56 Å². The molecule has 0 unspecified atom stereocenters. The van der Waals surface area contributed by atoms with Crippen LogP contribution in [0, 0.1) is 0 Å². The molecule has 25 heavy (non-hydrogen) atoms. The summed E-state index contributed by atoms with van der Waals surface area (Å²) in [5.41, 5.74) is 1.19. The Morgan fingerprint density at radius 1 is 1.32 bits per heavy atom. The van der Waals surface area contributed by atoms with E-state index in [4.69, 9.17) is 4.74 Å². The second-order valence-corrected chi connectivity index (χ2v) is 8.89. The van der Waals surface area contributed by atoms with Gasteiger partial charge >= 0.3 is 0 Å². The van der Waals surface area contributed by atoms with Gasteiger partial charge in [0.15, 0.2) is 5.16 Å². The molecular weight excluding hydrogens is 358 g/mol. The third kappa shape index (κ3) is 3.93. The first-order chi connectivity index (χ1) is 12.2. The van der Waals surface area contributed by atoms with Crippen molar-refractivity contribution in [3.05, 3.63) is 20.8 Å². The highest BCUT2D eigenvalue weighted by Gasteiger charge is 2.21. The van der Waals surface area contributed by atoms with Crippen molar-refractivity contribution in [3.8, 4) is 0 Å². The van der Waals surface area contributed by atoms with Gasteiger partial charge in [0.1, 0.15) is 30.6 Å². The van der Waals surface area contributed by atoms with E-state index in [2.05, 4.69) is 9.97 Å². The van der Waals surface area contributed by atoms with Gasteiger partial charge in [0.2, 0.25) is 0 Å². The summed E-state index contributed by atoms with van der Waals surface area (Å²) >= 11 is 3.10. The van der Waals surface area contributed by atoms with E-state index in [0.717, 1.165) is 62.3 Å². The average Bonchev–Trinajstić information content (AvgIpc) is 2.99. The molecule has 0 bridgehead atoms. The van der Waals surface area contributed by atoms with Crippen LogP contribution in [0.5, 0.6) is 0 Å². The van der Waals surface area contributed by atoms with Gasteiger partial charge in [-0.2, -0.15) is 0 Å². The topological polar surface area (TPSA) is 79.7 Å². The summed E-state index contributed by atoms with van der Waals surface area (Å²) in [7, 11) is 0. The van der Waals surface area contributed by atoms with Crippen molar-refractivity contribution in [2.45, 2.75) is 36.9 Å². The highest BCUT2D eigenvalue weighted by atomic mass is 32.2. The summed E-state index contributed by atoms with van der Waals surface area (Å²) in [6, 6.07) is 0. The molecule has 2 aromatic heterocycles. The van der Waals surface area contributed by atoms with Crippen LogP contribution in [0.15, 0.2) is 9.95 Å². The summed E-state index contributed by atoms with van der Waals surface area (Å²) < 4.78 is 5.34. The number of thioether (sulfide) groups is 1. The molecule has 1 saturated heterocycles. The average molecular weight is 383 g/mol. The Bertz CT molecular complexity index is 798. The SMILES string of the molecule is O=c1[nH]c(SC[C@@H](O)C[NH+]2CCOCC2)nc2sc3c(c12)CCCC3. The maximum Gasteiger partial charge on any atom is 0.260 e. The number of nitrogens with one attached hydrogen (secondary N) is 2. The van der Waals surface area contributed by atoms with Crippen molar-refractivity contribution >= 4 is 33.3 Å². The van der Waals surface area contributed by atoms with E-state index in [9.17, 15) is 9.90 Å². The van der Waals surface area contributed by atoms with Gasteiger partial charge in [-0.05, 0) is 31.2 Å². The van der Waals surface area contributed by atoms with Gasteiger partial charge < -0.3 is 19.7 Å². The maximum absolute atomic E-state index is 12.5. The molecule has 4 rings (SSSR count). The number of thiophene rings is 1. The van der Waals surface area contributed by atoms with E-state index >= 15 is 0 Å². The number of hydrogen-bond donors (Lipinski definition) is 3. The predicted molar refractivity (Wildman–Crippen MR) is 100.0 cm³/mol. The zero-order valence-electron chi connectivity index (χ0n) is 14.2. The van der Waals surface area contributed by atoms with Crippen molar-refractivity contribution in [2.75, 3.05) is 38.6 Å². The van der Waals surface area contributed by atoms with E-state index < -0.39 is 6.10 Å². The molecule has 0 radical (unpaired) electrons. The quantitative estimate of drug-likeness (QED) is 0.510. The molecule has 1 aliphatic heterocycles. The number of aliphatic hydroxyl groups excluding tert-OH is 1. The molecule has 8 heteroatoms. The number of fused-ring (bicyclic) bond motifs is 3. The first-order valence-electron chi connectivity index (χ1n) is 8.97. The number of H-pyrrole nitrogens is 1. The second kappa shape index (κ2) is 7.75. The number of quaternary nitrogens is 1. The molecule has 0 saturated carbocycles. The number of aryl methyl sites for hydroxylation is 2. The van der Waals surface area contributed by atoms with Crippen LogP contribution < -0.4 is 10.5 Å². The van der Waals surface area contributed by atoms with Crippen molar-refractivity contribution in [2.24, 2.45) is 0 Å². The first-order valence-corrected chi connectivity index (χ1v) is 10.8. The number of nitrogens with zero attached hydrogens (tertiary/aromatic N) is 1. The summed E-state index contributed by atoms with van der Waals surface area (Å²) in [6.07, 6.45) is 4.02. The highest BCUT2D eigenvalue weighted by Crippen LogP contribution is 2.34. The lowest BCUT2D eigenvalue weighted by atomic mass is 9.97. The van der Waals surface area contributed by atoms with Crippen LogP contribution in [0.2, 0.25) is 0 Å². The number of rotatable bonds is 5. The molecule has 0 spiro atoms. The fourth-order valence-electron chi connectivity index (χ4n) is 3.64. The third-order valence-corrected chi connectivity index (χ3v) is 7.14. The van der Waals surface area contributed by atoms with Crippen molar-refractivity contribution in [1.29, 1.82) is 0 Å². The molecule has 2 aliphatic rings. The van der Waals surface area contributed by atoms with E-state index in [1.165, 1.54) is 33.5 Å². The number of hydrogen-bond acceptors (Lipinski definition) is 6. The van der Waals surface area contributed by atoms with Gasteiger partial charge in [-0.1, -0.05) is 11.8 Å². The molecule has 0 amide bonds. The van der Waals surface area contributed by atoms with Crippen LogP contribution >= 0.6 is 23.1 Å². The van der Waals surface area contributed by atoms with E-state index in [1.807, 2.05) is 0 Å². The second-order valence-electron chi connectivity index (χ2n) is 6.79. The normalized spacial score (nSPS) is 19.9. The van der Waals surface area contributed by atoms with Crippen LogP contribution in [0.3, 0.4) is 0 Å². The van der Waals surface area contributed by atoms with Crippen LogP contribution in [0.1, 0.15) is 23.3 Å². The predicted octanol–water partition coefficient (Wildman–Crippen LogP) is 0.232. The van der Waals surface area contributed by atoms with Gasteiger partial charge in [0, 0.05) is 10.6 Å². The zero-order valence-corrected chi connectivity index (χ0v) is 15.8.